The Hall–Kier alpha value is -1.73. The molecular weight excluding hydrogens is 278 g/mol. The Balaban J connectivity index is 2.15. The van der Waals surface area contributed by atoms with Gasteiger partial charge < -0.3 is 9.63 Å². The van der Waals surface area contributed by atoms with Gasteiger partial charge in [-0.2, -0.15) is 4.98 Å². The molecule has 20 heavy (non-hydrogen) atoms. The molecular formula is C13H17N3O3S. The lowest BCUT2D eigenvalue weighted by Gasteiger charge is -2.32. The van der Waals surface area contributed by atoms with E-state index in [1.807, 2.05) is 24.4 Å². The lowest BCUT2D eigenvalue weighted by molar-refractivity contribution is -0.149. The first-order chi connectivity index (χ1) is 9.45. The summed E-state index contributed by atoms with van der Waals surface area (Å²) in [5.74, 6) is 0.0844. The number of carbonyl (C=O) groups is 1. The Labute approximate surface area is 121 Å². The van der Waals surface area contributed by atoms with E-state index in [2.05, 4.69) is 10.1 Å². The smallest absolute Gasteiger partial charge is 0.323 e. The van der Waals surface area contributed by atoms with Crippen molar-refractivity contribution < 1.29 is 14.4 Å². The van der Waals surface area contributed by atoms with Gasteiger partial charge in [-0.3, -0.25) is 9.69 Å². The first-order valence-corrected chi connectivity index (χ1v) is 7.18. The van der Waals surface area contributed by atoms with E-state index in [1.54, 1.807) is 18.7 Å². The van der Waals surface area contributed by atoms with Gasteiger partial charge in [-0.25, -0.2) is 0 Å². The first-order valence-electron chi connectivity index (χ1n) is 6.30. The molecule has 2 heterocycles. The van der Waals surface area contributed by atoms with Gasteiger partial charge in [0.25, 0.3) is 0 Å². The highest BCUT2D eigenvalue weighted by Gasteiger charge is 2.34. The third-order valence-corrected chi connectivity index (χ3v) is 4.10. The van der Waals surface area contributed by atoms with Crippen LogP contribution >= 0.6 is 11.3 Å². The predicted molar refractivity (Wildman–Crippen MR) is 75.4 cm³/mol. The fourth-order valence-electron chi connectivity index (χ4n) is 1.83. The van der Waals surface area contributed by atoms with Crippen molar-refractivity contribution in [3.05, 3.63) is 23.4 Å². The number of carboxylic acids is 1. The van der Waals surface area contributed by atoms with Crippen molar-refractivity contribution >= 4 is 17.3 Å². The predicted octanol–water partition coefficient (Wildman–Crippen LogP) is 2.48. The maximum Gasteiger partial charge on any atom is 0.323 e. The van der Waals surface area contributed by atoms with Gasteiger partial charge in [0, 0.05) is 0 Å². The zero-order chi connectivity index (χ0) is 14.8. The summed E-state index contributed by atoms with van der Waals surface area (Å²) in [4.78, 5) is 18.3. The Morgan fingerprint density at radius 1 is 1.55 bits per heavy atom. The number of rotatable bonds is 6. The molecule has 2 aromatic heterocycles. The molecule has 6 nitrogen and oxygen atoms in total. The van der Waals surface area contributed by atoms with Crippen LogP contribution in [-0.2, 0) is 11.3 Å². The van der Waals surface area contributed by atoms with Crippen molar-refractivity contribution in [3.63, 3.8) is 0 Å². The summed E-state index contributed by atoms with van der Waals surface area (Å²) in [6, 6.07) is 3.83. The van der Waals surface area contributed by atoms with E-state index >= 15 is 0 Å². The highest BCUT2D eigenvalue weighted by atomic mass is 32.1. The Bertz CT molecular complexity index is 577. The summed E-state index contributed by atoms with van der Waals surface area (Å²) in [5.41, 5.74) is -0.980. The lowest BCUT2D eigenvalue weighted by atomic mass is 10.0. The van der Waals surface area contributed by atoms with Crippen LogP contribution in [0.2, 0.25) is 0 Å². The molecule has 2 rings (SSSR count). The Morgan fingerprint density at radius 2 is 2.30 bits per heavy atom. The average molecular weight is 295 g/mol. The van der Waals surface area contributed by atoms with Crippen molar-refractivity contribution in [2.45, 2.75) is 32.9 Å². The van der Waals surface area contributed by atoms with Crippen LogP contribution in [0.4, 0.5) is 0 Å². The highest BCUT2D eigenvalue weighted by Crippen LogP contribution is 2.23. The molecule has 0 aliphatic heterocycles. The SMILES string of the molecule is CCN(Cc1nc(-c2cccs2)no1)C(C)(C)C(=O)O. The number of hydrogen-bond acceptors (Lipinski definition) is 6. The van der Waals surface area contributed by atoms with Crippen LogP contribution in [0.3, 0.4) is 0 Å². The Kier molecular flexibility index (Phi) is 4.20. The highest BCUT2D eigenvalue weighted by molar-refractivity contribution is 7.13. The van der Waals surface area contributed by atoms with E-state index in [4.69, 9.17) is 4.52 Å². The van der Waals surface area contributed by atoms with Gasteiger partial charge in [0.1, 0.15) is 5.54 Å². The molecule has 0 radical (unpaired) electrons. The number of nitrogens with zero attached hydrogens (tertiary/aromatic N) is 3. The standard InChI is InChI=1S/C13H17N3O3S/c1-4-16(13(2,3)12(17)18)8-10-14-11(15-19-10)9-6-5-7-20-9/h5-7H,4,8H2,1-3H3,(H,17,18). The third kappa shape index (κ3) is 2.88. The minimum atomic E-state index is -0.980. The van der Waals surface area contributed by atoms with E-state index in [0.29, 0.717) is 24.8 Å². The van der Waals surface area contributed by atoms with Crippen LogP contribution in [0.5, 0.6) is 0 Å². The number of thiophene rings is 1. The minimum Gasteiger partial charge on any atom is -0.480 e. The van der Waals surface area contributed by atoms with Crippen molar-refractivity contribution in [3.8, 4) is 10.7 Å². The van der Waals surface area contributed by atoms with Crippen molar-refractivity contribution in [1.82, 2.24) is 15.0 Å². The maximum absolute atomic E-state index is 11.3. The fraction of sp³-hybridized carbons (Fsp3) is 0.462. The number of aromatic nitrogens is 2. The van der Waals surface area contributed by atoms with Crippen molar-refractivity contribution in [2.24, 2.45) is 0 Å². The second-order valence-corrected chi connectivity index (χ2v) is 5.82. The van der Waals surface area contributed by atoms with Crippen LogP contribution in [0, 0.1) is 0 Å². The summed E-state index contributed by atoms with van der Waals surface area (Å²) in [5, 5.41) is 15.1. The lowest BCUT2D eigenvalue weighted by Crippen LogP contribution is -2.49. The molecule has 0 bridgehead atoms. The third-order valence-electron chi connectivity index (χ3n) is 3.23. The van der Waals surface area contributed by atoms with Crippen LogP contribution < -0.4 is 0 Å². The zero-order valence-corrected chi connectivity index (χ0v) is 12.5. The molecule has 7 heteroatoms. The van der Waals surface area contributed by atoms with Crippen LogP contribution in [0.25, 0.3) is 10.7 Å². The van der Waals surface area contributed by atoms with Gasteiger partial charge >= 0.3 is 5.97 Å². The molecule has 0 unspecified atom stereocenters. The number of carboxylic acid groups (broad SMARTS) is 1. The molecule has 0 atom stereocenters. The summed E-state index contributed by atoms with van der Waals surface area (Å²) in [6.45, 7) is 6.12. The summed E-state index contributed by atoms with van der Waals surface area (Å²) < 4.78 is 5.21. The molecule has 0 saturated heterocycles. The summed E-state index contributed by atoms with van der Waals surface area (Å²) in [7, 11) is 0. The largest absolute Gasteiger partial charge is 0.480 e. The number of likely N-dealkylation sites (N-methyl/N-ethyl adjacent to an activating group) is 1. The van der Waals surface area contributed by atoms with Crippen molar-refractivity contribution in [2.75, 3.05) is 6.54 Å². The van der Waals surface area contributed by atoms with Crippen LogP contribution in [0.15, 0.2) is 22.0 Å². The quantitative estimate of drug-likeness (QED) is 0.882. The minimum absolute atomic E-state index is 0.314. The molecule has 0 amide bonds. The monoisotopic (exact) mass is 295 g/mol. The molecule has 1 N–H and O–H groups in total. The van der Waals surface area contributed by atoms with E-state index in [0.717, 1.165) is 4.88 Å². The molecule has 108 valence electrons. The van der Waals surface area contributed by atoms with Crippen molar-refractivity contribution in [1.29, 1.82) is 0 Å². The van der Waals surface area contributed by atoms with Crippen LogP contribution in [0.1, 0.15) is 26.7 Å². The second kappa shape index (κ2) is 5.72. The van der Waals surface area contributed by atoms with Gasteiger partial charge in [0.05, 0.1) is 11.4 Å². The van der Waals surface area contributed by atoms with E-state index in [-0.39, 0.29) is 0 Å². The van der Waals surface area contributed by atoms with Gasteiger partial charge in [0.15, 0.2) is 0 Å². The molecule has 0 aliphatic rings. The normalized spacial score (nSPS) is 12.0. The molecule has 0 fully saturated rings. The topological polar surface area (TPSA) is 79.5 Å². The summed E-state index contributed by atoms with van der Waals surface area (Å²) >= 11 is 1.53. The number of aliphatic carboxylic acids is 1. The average Bonchev–Trinajstić information content (AvgIpc) is 3.06. The van der Waals surface area contributed by atoms with Gasteiger partial charge in [0.2, 0.25) is 11.7 Å². The maximum atomic E-state index is 11.3. The zero-order valence-electron chi connectivity index (χ0n) is 11.7. The van der Waals surface area contributed by atoms with E-state index in [1.165, 1.54) is 11.3 Å². The number of hydrogen-bond donors (Lipinski definition) is 1. The second-order valence-electron chi connectivity index (χ2n) is 4.87. The molecule has 0 spiro atoms. The van der Waals surface area contributed by atoms with Crippen LogP contribution in [-0.4, -0.2) is 38.2 Å². The van der Waals surface area contributed by atoms with Gasteiger partial charge in [-0.15, -0.1) is 11.3 Å². The van der Waals surface area contributed by atoms with E-state index < -0.39 is 11.5 Å². The first kappa shape index (κ1) is 14.7. The fourth-order valence-corrected chi connectivity index (χ4v) is 2.48. The molecule has 0 saturated carbocycles. The Morgan fingerprint density at radius 3 is 2.85 bits per heavy atom. The summed E-state index contributed by atoms with van der Waals surface area (Å²) in [6.07, 6.45) is 0. The van der Waals surface area contributed by atoms with Gasteiger partial charge in [-0.1, -0.05) is 18.1 Å². The molecule has 0 aromatic carbocycles. The van der Waals surface area contributed by atoms with E-state index in [9.17, 15) is 9.90 Å². The van der Waals surface area contributed by atoms with Gasteiger partial charge in [-0.05, 0) is 31.8 Å². The molecule has 0 aliphatic carbocycles. The molecule has 2 aromatic rings.